The van der Waals surface area contributed by atoms with Gasteiger partial charge in [0.15, 0.2) is 9.84 Å². The van der Waals surface area contributed by atoms with Crippen molar-refractivity contribution >= 4 is 28.2 Å². The summed E-state index contributed by atoms with van der Waals surface area (Å²) < 4.78 is 23.2. The third-order valence-corrected chi connectivity index (χ3v) is 4.94. The van der Waals surface area contributed by atoms with Crippen molar-refractivity contribution in [3.05, 3.63) is 0 Å². The first-order valence-electron chi connectivity index (χ1n) is 6.59. The minimum Gasteiger partial charge on any atom is -0.355 e. The second kappa shape index (κ2) is 8.76. The topological polar surface area (TPSA) is 75.3 Å². The Bertz CT molecular complexity index is 365. The Hall–Kier alpha value is -0.330. The van der Waals surface area contributed by atoms with Crippen LogP contribution in [-0.2, 0) is 14.6 Å². The van der Waals surface area contributed by atoms with Crippen molar-refractivity contribution in [3.63, 3.8) is 0 Å². The highest BCUT2D eigenvalue weighted by Gasteiger charge is 2.17. The lowest BCUT2D eigenvalue weighted by Gasteiger charge is -2.11. The zero-order valence-corrected chi connectivity index (χ0v) is 13.3. The molecule has 114 valence electrons. The molecule has 1 rings (SSSR count). The highest BCUT2D eigenvalue weighted by Crippen LogP contribution is 2.04. The van der Waals surface area contributed by atoms with Crippen LogP contribution in [0, 0.1) is 5.92 Å². The van der Waals surface area contributed by atoms with Crippen LogP contribution >= 0.6 is 12.4 Å². The second-order valence-corrected chi connectivity index (χ2v) is 7.58. The maximum absolute atomic E-state index is 11.6. The van der Waals surface area contributed by atoms with E-state index in [1.54, 1.807) is 0 Å². The highest BCUT2D eigenvalue weighted by atomic mass is 35.5. The summed E-state index contributed by atoms with van der Waals surface area (Å²) in [7, 11) is -3.09. The first kappa shape index (κ1) is 18.7. The molecule has 0 radical (unpaired) electrons. The number of rotatable bonds is 7. The molecule has 0 aromatic carbocycles. The fourth-order valence-corrected chi connectivity index (χ4v) is 3.77. The summed E-state index contributed by atoms with van der Waals surface area (Å²) in [6.07, 6.45) is 2.29. The summed E-state index contributed by atoms with van der Waals surface area (Å²) >= 11 is 0. The number of carbonyl (C=O) groups excluding carboxylic acids is 1. The zero-order chi connectivity index (χ0) is 13.6. The van der Waals surface area contributed by atoms with Crippen molar-refractivity contribution in [2.45, 2.75) is 39.2 Å². The number of hydrogen-bond acceptors (Lipinski definition) is 4. The largest absolute Gasteiger partial charge is 0.355 e. The van der Waals surface area contributed by atoms with Crippen LogP contribution in [0.15, 0.2) is 0 Å². The van der Waals surface area contributed by atoms with E-state index < -0.39 is 9.84 Å². The predicted octanol–water partition coefficient (Wildman–Crippen LogP) is 0.737. The minimum atomic E-state index is -3.09. The predicted molar refractivity (Wildman–Crippen MR) is 79.4 cm³/mol. The van der Waals surface area contributed by atoms with E-state index in [1.165, 1.54) is 0 Å². The van der Waals surface area contributed by atoms with E-state index in [2.05, 4.69) is 10.6 Å². The molecule has 1 fully saturated rings. The number of amides is 1. The van der Waals surface area contributed by atoms with Crippen LogP contribution in [0.2, 0.25) is 0 Å². The van der Waals surface area contributed by atoms with Crippen LogP contribution in [-0.4, -0.2) is 45.0 Å². The van der Waals surface area contributed by atoms with Crippen LogP contribution in [0.1, 0.15) is 33.1 Å². The van der Waals surface area contributed by atoms with E-state index >= 15 is 0 Å². The van der Waals surface area contributed by atoms with Gasteiger partial charge in [-0.25, -0.2) is 8.42 Å². The molecule has 0 saturated carbocycles. The normalized spacial score (nSPS) is 19.2. The van der Waals surface area contributed by atoms with Gasteiger partial charge in [-0.2, -0.15) is 0 Å². The van der Waals surface area contributed by atoms with Crippen molar-refractivity contribution in [2.75, 3.05) is 24.6 Å². The Balaban J connectivity index is 0.00000324. The van der Waals surface area contributed by atoms with Gasteiger partial charge in [0.25, 0.3) is 0 Å². The monoisotopic (exact) mass is 312 g/mol. The Morgan fingerprint density at radius 1 is 1.42 bits per heavy atom. The molecule has 0 spiro atoms. The average molecular weight is 313 g/mol. The second-order valence-electron chi connectivity index (χ2n) is 5.36. The maximum atomic E-state index is 11.6. The Kier molecular flexibility index (Phi) is 8.61. The molecule has 1 atom stereocenters. The van der Waals surface area contributed by atoms with Crippen LogP contribution < -0.4 is 10.6 Å². The Morgan fingerprint density at radius 3 is 2.63 bits per heavy atom. The van der Waals surface area contributed by atoms with Crippen molar-refractivity contribution in [2.24, 2.45) is 5.92 Å². The molecule has 1 aliphatic rings. The summed E-state index contributed by atoms with van der Waals surface area (Å²) in [5.41, 5.74) is 0. The van der Waals surface area contributed by atoms with Gasteiger partial charge in [-0.3, -0.25) is 4.79 Å². The summed E-state index contributed by atoms with van der Waals surface area (Å²) in [6.45, 7) is 5.33. The van der Waals surface area contributed by atoms with Crippen molar-refractivity contribution in [1.82, 2.24) is 10.6 Å². The lowest BCUT2D eigenvalue weighted by Crippen LogP contribution is -2.37. The molecule has 1 heterocycles. The molecule has 0 aromatic rings. The summed E-state index contributed by atoms with van der Waals surface area (Å²) in [5.74, 6) is 0.0521. The number of halogens is 1. The molecule has 7 heteroatoms. The third kappa shape index (κ3) is 8.44. The Morgan fingerprint density at radius 2 is 2.11 bits per heavy atom. The molecule has 1 saturated heterocycles. The zero-order valence-electron chi connectivity index (χ0n) is 11.6. The van der Waals surface area contributed by atoms with Gasteiger partial charge in [0.05, 0.1) is 11.5 Å². The SMILES string of the molecule is CC(C)CS(=O)(=O)CCC(=O)NCC1CCCN1.Cl. The van der Waals surface area contributed by atoms with E-state index in [9.17, 15) is 13.2 Å². The number of hydrogen-bond donors (Lipinski definition) is 2. The standard InChI is InChI=1S/C12H24N2O3S.ClH/c1-10(2)9-18(16,17)7-5-12(15)14-8-11-4-3-6-13-11;/h10-11,13H,3-9H2,1-2H3,(H,14,15);1H. The average Bonchev–Trinajstić information content (AvgIpc) is 2.74. The number of nitrogens with one attached hydrogen (secondary N) is 2. The number of sulfone groups is 1. The molecular formula is C12H25ClN2O3S. The quantitative estimate of drug-likeness (QED) is 0.727. The van der Waals surface area contributed by atoms with E-state index in [0.29, 0.717) is 12.6 Å². The van der Waals surface area contributed by atoms with Gasteiger partial charge < -0.3 is 10.6 Å². The lowest BCUT2D eigenvalue weighted by atomic mass is 10.2. The summed E-state index contributed by atoms with van der Waals surface area (Å²) in [4.78, 5) is 11.5. The van der Waals surface area contributed by atoms with E-state index in [-0.39, 0.29) is 42.2 Å². The molecule has 0 aliphatic carbocycles. The molecule has 19 heavy (non-hydrogen) atoms. The van der Waals surface area contributed by atoms with E-state index in [0.717, 1.165) is 19.4 Å². The van der Waals surface area contributed by atoms with Gasteiger partial charge in [-0.15, -0.1) is 12.4 Å². The van der Waals surface area contributed by atoms with Crippen LogP contribution in [0.4, 0.5) is 0 Å². The summed E-state index contributed by atoms with van der Waals surface area (Å²) in [5, 5.41) is 6.06. The molecule has 0 aromatic heterocycles. The minimum absolute atomic E-state index is 0. The fraction of sp³-hybridized carbons (Fsp3) is 0.917. The first-order valence-corrected chi connectivity index (χ1v) is 8.41. The fourth-order valence-electron chi connectivity index (χ4n) is 2.10. The van der Waals surface area contributed by atoms with Crippen molar-refractivity contribution in [1.29, 1.82) is 0 Å². The number of carbonyl (C=O) groups is 1. The Labute approximate surface area is 122 Å². The van der Waals surface area contributed by atoms with Gasteiger partial charge in [-0.05, 0) is 25.3 Å². The molecular weight excluding hydrogens is 288 g/mol. The third-order valence-electron chi connectivity index (χ3n) is 2.94. The van der Waals surface area contributed by atoms with E-state index in [4.69, 9.17) is 0 Å². The maximum Gasteiger partial charge on any atom is 0.221 e. The highest BCUT2D eigenvalue weighted by molar-refractivity contribution is 7.91. The molecule has 1 unspecified atom stereocenters. The van der Waals surface area contributed by atoms with Gasteiger partial charge >= 0.3 is 0 Å². The van der Waals surface area contributed by atoms with Crippen LogP contribution in [0.5, 0.6) is 0 Å². The van der Waals surface area contributed by atoms with E-state index in [1.807, 2.05) is 13.8 Å². The van der Waals surface area contributed by atoms with Gasteiger partial charge in [-0.1, -0.05) is 13.8 Å². The van der Waals surface area contributed by atoms with Gasteiger partial charge in [0, 0.05) is 19.0 Å². The van der Waals surface area contributed by atoms with Crippen molar-refractivity contribution in [3.8, 4) is 0 Å². The molecule has 1 aliphatic heterocycles. The lowest BCUT2D eigenvalue weighted by molar-refractivity contribution is -0.120. The van der Waals surface area contributed by atoms with Gasteiger partial charge in [0.2, 0.25) is 5.91 Å². The van der Waals surface area contributed by atoms with Crippen LogP contribution in [0.3, 0.4) is 0 Å². The van der Waals surface area contributed by atoms with Crippen molar-refractivity contribution < 1.29 is 13.2 Å². The van der Waals surface area contributed by atoms with Crippen LogP contribution in [0.25, 0.3) is 0 Å². The van der Waals surface area contributed by atoms with Gasteiger partial charge in [0.1, 0.15) is 0 Å². The molecule has 2 N–H and O–H groups in total. The first-order chi connectivity index (χ1) is 8.39. The smallest absolute Gasteiger partial charge is 0.221 e. The molecule has 1 amide bonds. The molecule has 5 nitrogen and oxygen atoms in total. The summed E-state index contributed by atoms with van der Waals surface area (Å²) in [6, 6.07) is 0.348. The molecule has 0 bridgehead atoms.